The summed E-state index contributed by atoms with van der Waals surface area (Å²) in [5.41, 5.74) is 4.25. The molecule has 4 aromatic rings. The van der Waals surface area contributed by atoms with Gasteiger partial charge in [-0.1, -0.05) is 103 Å². The highest BCUT2D eigenvalue weighted by Crippen LogP contribution is 2.28. The Hall–Kier alpha value is -2.86. The Bertz CT molecular complexity index is 934. The summed E-state index contributed by atoms with van der Waals surface area (Å²) >= 11 is 0. The first kappa shape index (κ1) is 15.7. The van der Waals surface area contributed by atoms with Crippen LogP contribution in [0.25, 0.3) is 10.8 Å². The first-order chi connectivity index (χ1) is 12.4. The molecular weight excluding hydrogens is 300 g/mol. The van der Waals surface area contributed by atoms with E-state index in [0.29, 0.717) is 5.92 Å². The molecule has 0 aliphatic heterocycles. The number of hydrogen-bond acceptors (Lipinski definition) is 0. The van der Waals surface area contributed by atoms with Crippen LogP contribution in [-0.2, 0) is 12.8 Å². The fourth-order valence-electron chi connectivity index (χ4n) is 3.67. The molecule has 0 unspecified atom stereocenters. The number of rotatable bonds is 5. The maximum atomic E-state index is 2.28. The minimum atomic E-state index is 0.481. The van der Waals surface area contributed by atoms with Crippen LogP contribution in [0.3, 0.4) is 0 Å². The Morgan fingerprint density at radius 3 is 1.96 bits per heavy atom. The second-order valence-electron chi connectivity index (χ2n) is 6.64. The summed E-state index contributed by atoms with van der Waals surface area (Å²) in [7, 11) is 0. The van der Waals surface area contributed by atoms with E-state index in [-0.39, 0.29) is 0 Å². The predicted octanol–water partition coefficient (Wildman–Crippen LogP) is 6.41. The van der Waals surface area contributed by atoms with E-state index in [4.69, 9.17) is 0 Å². The molecule has 0 aromatic heterocycles. The van der Waals surface area contributed by atoms with E-state index >= 15 is 0 Å². The average molecular weight is 322 g/mol. The van der Waals surface area contributed by atoms with Gasteiger partial charge in [0, 0.05) is 0 Å². The normalized spacial score (nSPS) is 12.2. The molecule has 25 heavy (non-hydrogen) atoms. The Morgan fingerprint density at radius 2 is 1.16 bits per heavy atom. The molecule has 0 nitrogen and oxygen atoms in total. The van der Waals surface area contributed by atoms with E-state index in [1.165, 1.54) is 27.5 Å². The van der Waals surface area contributed by atoms with Gasteiger partial charge in [0.2, 0.25) is 0 Å². The van der Waals surface area contributed by atoms with Crippen molar-refractivity contribution in [1.82, 2.24) is 0 Å². The van der Waals surface area contributed by atoms with E-state index in [2.05, 4.69) is 103 Å². The van der Waals surface area contributed by atoms with Crippen molar-refractivity contribution >= 4 is 10.8 Å². The zero-order valence-electron chi connectivity index (χ0n) is 14.3. The summed E-state index contributed by atoms with van der Waals surface area (Å²) in [6.07, 6.45) is 2.12. The van der Waals surface area contributed by atoms with Crippen molar-refractivity contribution in [2.45, 2.75) is 18.8 Å². The van der Waals surface area contributed by atoms with Crippen molar-refractivity contribution in [3.63, 3.8) is 0 Å². The summed E-state index contributed by atoms with van der Waals surface area (Å²) < 4.78 is 0. The first-order valence-electron chi connectivity index (χ1n) is 8.96. The van der Waals surface area contributed by atoms with Crippen molar-refractivity contribution in [2.24, 2.45) is 0 Å². The van der Waals surface area contributed by atoms with Crippen LogP contribution in [0.1, 0.15) is 22.6 Å². The summed E-state index contributed by atoms with van der Waals surface area (Å²) in [4.78, 5) is 0. The number of fused-ring (bicyclic) bond motifs is 1. The first-order valence-corrected chi connectivity index (χ1v) is 8.96. The Kier molecular flexibility index (Phi) is 4.61. The molecule has 122 valence electrons. The van der Waals surface area contributed by atoms with E-state index < -0.39 is 0 Å². The van der Waals surface area contributed by atoms with Gasteiger partial charge < -0.3 is 0 Å². The largest absolute Gasteiger partial charge is 0.0622 e. The number of benzene rings is 4. The fourth-order valence-corrected chi connectivity index (χ4v) is 3.67. The monoisotopic (exact) mass is 322 g/mol. The molecule has 0 aliphatic carbocycles. The zero-order chi connectivity index (χ0) is 16.9. The second-order valence-corrected chi connectivity index (χ2v) is 6.64. The lowest BCUT2D eigenvalue weighted by molar-refractivity contribution is 0.683. The van der Waals surface area contributed by atoms with Crippen LogP contribution in [-0.4, -0.2) is 0 Å². The highest BCUT2D eigenvalue weighted by Gasteiger charge is 2.14. The summed E-state index contributed by atoms with van der Waals surface area (Å²) in [5.74, 6) is 0.481. The average Bonchev–Trinajstić information content (AvgIpc) is 2.69. The maximum absolute atomic E-state index is 2.28. The van der Waals surface area contributed by atoms with Crippen molar-refractivity contribution in [2.75, 3.05) is 0 Å². The van der Waals surface area contributed by atoms with Gasteiger partial charge in [0.1, 0.15) is 0 Å². The van der Waals surface area contributed by atoms with Gasteiger partial charge in [0.25, 0.3) is 0 Å². The minimum absolute atomic E-state index is 0.481. The lowest BCUT2D eigenvalue weighted by Crippen LogP contribution is -2.07. The Labute approximate surface area is 149 Å². The Balaban J connectivity index is 1.70. The van der Waals surface area contributed by atoms with E-state index in [0.717, 1.165) is 12.8 Å². The lowest BCUT2D eigenvalue weighted by Gasteiger charge is -2.19. The van der Waals surface area contributed by atoms with Crippen LogP contribution in [0.15, 0.2) is 103 Å². The molecule has 0 amide bonds. The van der Waals surface area contributed by atoms with E-state index in [1.807, 2.05) is 0 Å². The van der Waals surface area contributed by atoms with Gasteiger partial charge in [-0.05, 0) is 46.2 Å². The SMILES string of the molecule is c1ccc(C[C@@H](Cc2cccc3ccccc23)c2ccccc2)cc1. The Morgan fingerprint density at radius 1 is 0.520 bits per heavy atom. The molecule has 0 fully saturated rings. The third-order valence-corrected chi connectivity index (χ3v) is 4.94. The van der Waals surface area contributed by atoms with Crippen molar-refractivity contribution in [1.29, 1.82) is 0 Å². The molecule has 0 N–H and O–H groups in total. The van der Waals surface area contributed by atoms with Gasteiger partial charge in [0.15, 0.2) is 0 Å². The maximum Gasteiger partial charge on any atom is -0.00808 e. The highest BCUT2D eigenvalue weighted by atomic mass is 14.2. The molecule has 4 rings (SSSR count). The van der Waals surface area contributed by atoms with Crippen molar-refractivity contribution in [3.8, 4) is 0 Å². The summed E-state index contributed by atoms with van der Waals surface area (Å²) in [6, 6.07) is 37.1. The van der Waals surface area contributed by atoms with Crippen molar-refractivity contribution < 1.29 is 0 Å². The molecule has 0 saturated heterocycles. The molecular formula is C25H22. The smallest absolute Gasteiger partial charge is 0.00808 e. The highest BCUT2D eigenvalue weighted by molar-refractivity contribution is 5.85. The van der Waals surface area contributed by atoms with E-state index in [9.17, 15) is 0 Å². The summed E-state index contributed by atoms with van der Waals surface area (Å²) in [6.45, 7) is 0. The molecule has 4 aromatic carbocycles. The molecule has 0 aliphatic rings. The second kappa shape index (κ2) is 7.36. The quantitative estimate of drug-likeness (QED) is 0.398. The van der Waals surface area contributed by atoms with Gasteiger partial charge in [0.05, 0.1) is 0 Å². The van der Waals surface area contributed by atoms with Gasteiger partial charge in [-0.25, -0.2) is 0 Å². The van der Waals surface area contributed by atoms with Crippen LogP contribution in [0.2, 0.25) is 0 Å². The van der Waals surface area contributed by atoms with Gasteiger partial charge in [-0.15, -0.1) is 0 Å². The molecule has 0 spiro atoms. The van der Waals surface area contributed by atoms with Gasteiger partial charge >= 0.3 is 0 Å². The third kappa shape index (κ3) is 3.64. The van der Waals surface area contributed by atoms with Crippen LogP contribution >= 0.6 is 0 Å². The molecule has 1 atom stereocenters. The van der Waals surface area contributed by atoms with Gasteiger partial charge in [-0.3, -0.25) is 0 Å². The molecule has 0 saturated carbocycles. The standard InChI is InChI=1S/C25H22/c1-3-10-20(11-4-1)18-24(21-12-5-2-6-13-21)19-23-16-9-15-22-14-7-8-17-25(22)23/h1-17,24H,18-19H2/t24-/m0/s1. The third-order valence-electron chi connectivity index (χ3n) is 4.94. The predicted molar refractivity (Wildman–Crippen MR) is 107 cm³/mol. The van der Waals surface area contributed by atoms with Gasteiger partial charge in [-0.2, -0.15) is 0 Å². The molecule has 0 heteroatoms. The topological polar surface area (TPSA) is 0 Å². The fraction of sp³-hybridized carbons (Fsp3) is 0.120. The molecule has 0 radical (unpaired) electrons. The van der Waals surface area contributed by atoms with Crippen LogP contribution < -0.4 is 0 Å². The van der Waals surface area contributed by atoms with Crippen LogP contribution in [0, 0.1) is 0 Å². The summed E-state index contributed by atoms with van der Waals surface area (Å²) in [5, 5.41) is 2.70. The van der Waals surface area contributed by atoms with Crippen LogP contribution in [0.5, 0.6) is 0 Å². The lowest BCUT2D eigenvalue weighted by atomic mass is 9.85. The van der Waals surface area contributed by atoms with E-state index in [1.54, 1.807) is 0 Å². The molecule has 0 bridgehead atoms. The number of hydrogen-bond donors (Lipinski definition) is 0. The zero-order valence-corrected chi connectivity index (χ0v) is 14.3. The van der Waals surface area contributed by atoms with Crippen LogP contribution in [0.4, 0.5) is 0 Å². The van der Waals surface area contributed by atoms with Crippen molar-refractivity contribution in [3.05, 3.63) is 120 Å². The minimum Gasteiger partial charge on any atom is -0.0622 e. The molecule has 0 heterocycles.